The van der Waals surface area contributed by atoms with Crippen molar-refractivity contribution in [2.45, 2.75) is 44.8 Å². The van der Waals surface area contributed by atoms with E-state index in [0.29, 0.717) is 18.8 Å². The van der Waals surface area contributed by atoms with Gasteiger partial charge in [0.25, 0.3) is 0 Å². The summed E-state index contributed by atoms with van der Waals surface area (Å²) in [5.74, 6) is 2.01. The van der Waals surface area contributed by atoms with Crippen LogP contribution in [0.4, 0.5) is 11.8 Å². The fourth-order valence-electron chi connectivity index (χ4n) is 4.16. The standard InChI is InChI=1S/C22H27N5O2S/c1-12-19(21-26-16-4-2-3-5-18(16)30-21)20(25-15-8-14(11-28)17(29)9-15)27-22(24-12)23-10-13-6-7-13/h2-5,13-15,17,28-29H,6-11H2,1H3,(H2,23,24,25,27)/t14-,15-,17+/m1/s1. The van der Waals surface area contributed by atoms with Gasteiger partial charge in [-0.1, -0.05) is 12.1 Å². The van der Waals surface area contributed by atoms with Crippen molar-refractivity contribution in [3.63, 3.8) is 0 Å². The predicted molar refractivity (Wildman–Crippen MR) is 120 cm³/mol. The lowest BCUT2D eigenvalue weighted by atomic mass is 10.1. The minimum absolute atomic E-state index is 0.00106. The molecule has 3 aromatic rings. The summed E-state index contributed by atoms with van der Waals surface area (Å²) >= 11 is 1.64. The number of fused-ring (bicyclic) bond motifs is 1. The number of anilines is 2. The van der Waals surface area contributed by atoms with Gasteiger partial charge in [-0.15, -0.1) is 11.3 Å². The third kappa shape index (κ3) is 3.99. The summed E-state index contributed by atoms with van der Waals surface area (Å²) in [5.41, 5.74) is 2.76. The topological polar surface area (TPSA) is 103 Å². The maximum atomic E-state index is 10.2. The van der Waals surface area contributed by atoms with Crippen LogP contribution in [-0.4, -0.2) is 50.5 Å². The fourth-order valence-corrected chi connectivity index (χ4v) is 5.22. The van der Waals surface area contributed by atoms with E-state index in [2.05, 4.69) is 16.7 Å². The highest BCUT2D eigenvalue weighted by atomic mass is 32.1. The Kier molecular flexibility index (Phi) is 5.30. The molecule has 5 rings (SSSR count). The third-order valence-electron chi connectivity index (χ3n) is 6.08. The fraction of sp³-hybridized carbons (Fsp3) is 0.500. The highest BCUT2D eigenvalue weighted by Gasteiger charge is 2.33. The van der Waals surface area contributed by atoms with E-state index >= 15 is 0 Å². The zero-order valence-electron chi connectivity index (χ0n) is 17.0. The van der Waals surface area contributed by atoms with Crippen LogP contribution in [0.2, 0.25) is 0 Å². The molecule has 2 aliphatic carbocycles. The summed E-state index contributed by atoms with van der Waals surface area (Å²) in [4.78, 5) is 14.4. The van der Waals surface area contributed by atoms with Gasteiger partial charge < -0.3 is 20.8 Å². The van der Waals surface area contributed by atoms with Gasteiger partial charge in [0.05, 0.1) is 27.6 Å². The van der Waals surface area contributed by atoms with Gasteiger partial charge in [0.2, 0.25) is 5.95 Å². The Morgan fingerprint density at radius 2 is 1.97 bits per heavy atom. The van der Waals surface area contributed by atoms with E-state index in [0.717, 1.165) is 44.8 Å². The molecule has 0 saturated heterocycles. The van der Waals surface area contributed by atoms with Crippen LogP contribution in [0.5, 0.6) is 0 Å². The van der Waals surface area contributed by atoms with Crippen molar-refractivity contribution >= 4 is 33.3 Å². The highest BCUT2D eigenvalue weighted by Crippen LogP contribution is 2.38. The smallest absolute Gasteiger partial charge is 0.224 e. The molecule has 0 radical (unpaired) electrons. The van der Waals surface area contributed by atoms with Crippen LogP contribution in [0, 0.1) is 18.8 Å². The largest absolute Gasteiger partial charge is 0.396 e. The van der Waals surface area contributed by atoms with E-state index < -0.39 is 6.10 Å². The minimum atomic E-state index is -0.492. The third-order valence-corrected chi connectivity index (χ3v) is 7.13. The molecule has 158 valence electrons. The van der Waals surface area contributed by atoms with Crippen LogP contribution in [0.3, 0.4) is 0 Å². The number of nitrogens with zero attached hydrogens (tertiary/aromatic N) is 3. The molecule has 3 atom stereocenters. The van der Waals surface area contributed by atoms with Crippen LogP contribution >= 0.6 is 11.3 Å². The molecule has 0 unspecified atom stereocenters. The number of benzene rings is 1. The molecule has 2 heterocycles. The number of hydrogen-bond donors (Lipinski definition) is 4. The monoisotopic (exact) mass is 425 g/mol. The normalized spacial score (nSPS) is 23.8. The van der Waals surface area contributed by atoms with Crippen LogP contribution < -0.4 is 10.6 Å². The Morgan fingerprint density at radius 3 is 2.70 bits per heavy atom. The van der Waals surface area contributed by atoms with Gasteiger partial charge in [0.1, 0.15) is 10.8 Å². The van der Waals surface area contributed by atoms with Gasteiger partial charge in [0, 0.05) is 25.1 Å². The molecule has 2 saturated carbocycles. The van der Waals surface area contributed by atoms with Crippen molar-refractivity contribution in [1.82, 2.24) is 15.0 Å². The number of nitrogens with one attached hydrogen (secondary N) is 2. The average Bonchev–Trinajstić information content (AvgIpc) is 3.36. The Morgan fingerprint density at radius 1 is 1.13 bits per heavy atom. The molecule has 2 aliphatic rings. The lowest BCUT2D eigenvalue weighted by Gasteiger charge is -2.18. The molecule has 2 aromatic heterocycles. The van der Waals surface area contributed by atoms with Gasteiger partial charge in [-0.3, -0.25) is 0 Å². The van der Waals surface area contributed by atoms with Crippen LogP contribution in [-0.2, 0) is 0 Å². The molecular formula is C22H27N5O2S. The maximum Gasteiger partial charge on any atom is 0.224 e. The van der Waals surface area contributed by atoms with Gasteiger partial charge in [0.15, 0.2) is 0 Å². The first-order valence-electron chi connectivity index (χ1n) is 10.6. The van der Waals surface area contributed by atoms with Crippen molar-refractivity contribution in [1.29, 1.82) is 0 Å². The van der Waals surface area contributed by atoms with Crippen LogP contribution in [0.1, 0.15) is 31.4 Å². The Labute approximate surface area is 179 Å². The summed E-state index contributed by atoms with van der Waals surface area (Å²) in [6.07, 6.45) is 3.35. The summed E-state index contributed by atoms with van der Waals surface area (Å²) < 4.78 is 1.13. The van der Waals surface area contributed by atoms with Crippen molar-refractivity contribution < 1.29 is 10.2 Å². The number of rotatable bonds is 7. The minimum Gasteiger partial charge on any atom is -0.396 e. The molecule has 0 aliphatic heterocycles. The Balaban J connectivity index is 1.50. The molecule has 2 fully saturated rings. The lowest BCUT2D eigenvalue weighted by molar-refractivity contribution is 0.0908. The summed E-state index contributed by atoms with van der Waals surface area (Å²) in [7, 11) is 0. The van der Waals surface area contributed by atoms with Crippen LogP contribution in [0.15, 0.2) is 24.3 Å². The molecule has 8 heteroatoms. The maximum absolute atomic E-state index is 10.2. The quantitative estimate of drug-likeness (QED) is 0.460. The second-order valence-corrected chi connectivity index (χ2v) is 9.52. The molecule has 1 aromatic carbocycles. The van der Waals surface area contributed by atoms with Crippen molar-refractivity contribution in [2.24, 2.45) is 11.8 Å². The van der Waals surface area contributed by atoms with Crippen molar-refractivity contribution in [2.75, 3.05) is 23.8 Å². The van der Waals surface area contributed by atoms with Gasteiger partial charge >= 0.3 is 0 Å². The van der Waals surface area contributed by atoms with E-state index in [1.54, 1.807) is 11.3 Å². The number of aromatic nitrogens is 3. The van der Waals surface area contributed by atoms with Gasteiger partial charge in [-0.05, 0) is 50.7 Å². The van der Waals surface area contributed by atoms with Gasteiger partial charge in [-0.25, -0.2) is 9.97 Å². The lowest BCUT2D eigenvalue weighted by Crippen LogP contribution is -2.19. The molecule has 30 heavy (non-hydrogen) atoms. The molecule has 0 spiro atoms. The molecule has 0 amide bonds. The first-order chi connectivity index (χ1) is 14.6. The van der Waals surface area contributed by atoms with Crippen LogP contribution in [0.25, 0.3) is 20.8 Å². The van der Waals surface area contributed by atoms with Gasteiger partial charge in [-0.2, -0.15) is 4.98 Å². The first-order valence-corrected chi connectivity index (χ1v) is 11.5. The SMILES string of the molecule is Cc1nc(NCC2CC2)nc(N[C@@H]2C[C@H](CO)[C@@H](O)C2)c1-c1nc2ccccc2s1. The summed E-state index contributed by atoms with van der Waals surface area (Å²) in [6.45, 7) is 2.89. The average molecular weight is 426 g/mol. The van der Waals surface area contributed by atoms with E-state index in [4.69, 9.17) is 15.0 Å². The Bertz CT molecular complexity index is 1020. The second-order valence-electron chi connectivity index (χ2n) is 8.49. The number of aliphatic hydroxyl groups is 2. The number of aliphatic hydroxyl groups excluding tert-OH is 2. The number of thiazole rings is 1. The number of hydrogen-bond acceptors (Lipinski definition) is 8. The van der Waals surface area contributed by atoms with E-state index in [1.165, 1.54) is 12.8 Å². The molecule has 0 bridgehead atoms. The first kappa shape index (κ1) is 19.7. The predicted octanol–water partition coefficient (Wildman–Crippen LogP) is 3.43. The van der Waals surface area contributed by atoms with E-state index in [-0.39, 0.29) is 18.6 Å². The molecular weight excluding hydrogens is 398 g/mol. The highest BCUT2D eigenvalue weighted by molar-refractivity contribution is 7.21. The summed E-state index contributed by atoms with van der Waals surface area (Å²) in [6, 6.07) is 8.16. The van der Waals surface area contributed by atoms with E-state index in [9.17, 15) is 10.2 Å². The number of aryl methyl sites for hydroxylation is 1. The van der Waals surface area contributed by atoms with Crippen molar-refractivity contribution in [3.05, 3.63) is 30.0 Å². The molecule has 7 nitrogen and oxygen atoms in total. The Hall–Kier alpha value is -2.29. The second kappa shape index (κ2) is 8.09. The number of para-hydroxylation sites is 1. The molecule has 4 N–H and O–H groups in total. The summed E-state index contributed by atoms with van der Waals surface area (Å²) in [5, 5.41) is 27.5. The van der Waals surface area contributed by atoms with Crippen molar-refractivity contribution in [3.8, 4) is 10.6 Å². The van der Waals surface area contributed by atoms with E-state index in [1.807, 2.05) is 25.1 Å². The zero-order chi connectivity index (χ0) is 20.7. The zero-order valence-corrected chi connectivity index (χ0v) is 17.8.